The Labute approximate surface area is 79.9 Å². The summed E-state index contributed by atoms with van der Waals surface area (Å²) < 4.78 is 10.9. The molecule has 1 fully saturated rings. The van der Waals surface area contributed by atoms with Crippen molar-refractivity contribution in [1.29, 1.82) is 5.41 Å². The molecule has 0 aromatic rings. The first-order chi connectivity index (χ1) is 6.25. The molecule has 3 heteroatoms. The van der Waals surface area contributed by atoms with Crippen molar-refractivity contribution in [2.24, 2.45) is 0 Å². The van der Waals surface area contributed by atoms with Crippen LogP contribution in [0.4, 0.5) is 0 Å². The minimum absolute atomic E-state index is 0.328. The molecule has 0 aliphatic heterocycles. The lowest BCUT2D eigenvalue weighted by Crippen LogP contribution is -2.39. The van der Waals surface area contributed by atoms with E-state index in [-0.39, 0.29) is 5.60 Å². The summed E-state index contributed by atoms with van der Waals surface area (Å²) in [4.78, 5) is 0. The molecular formula is C10H19NO2. The molecule has 1 aliphatic rings. The Balaban J connectivity index is 2.60. The van der Waals surface area contributed by atoms with Crippen molar-refractivity contribution < 1.29 is 9.47 Å². The van der Waals surface area contributed by atoms with Gasteiger partial charge >= 0.3 is 0 Å². The molecule has 0 saturated heterocycles. The van der Waals surface area contributed by atoms with Gasteiger partial charge in [-0.05, 0) is 39.5 Å². The zero-order chi connectivity index (χ0) is 9.73. The summed E-state index contributed by atoms with van der Waals surface area (Å²) in [6, 6.07) is 0. The summed E-state index contributed by atoms with van der Waals surface area (Å²) in [6.45, 7) is 5.10. The van der Waals surface area contributed by atoms with Gasteiger partial charge in [0.2, 0.25) is 5.90 Å². The van der Waals surface area contributed by atoms with E-state index in [1.54, 1.807) is 0 Å². The summed E-state index contributed by atoms with van der Waals surface area (Å²) in [5.41, 5.74) is -0.384. The molecule has 0 radical (unpaired) electrons. The second-order valence-corrected chi connectivity index (χ2v) is 3.40. The molecule has 0 atom stereocenters. The van der Waals surface area contributed by atoms with E-state index in [9.17, 15) is 0 Å². The van der Waals surface area contributed by atoms with Crippen molar-refractivity contribution in [3.63, 3.8) is 0 Å². The average molecular weight is 185 g/mol. The SMILES string of the molecule is CCOC(=N)C1(OCC)CCCC1. The fourth-order valence-electron chi connectivity index (χ4n) is 1.94. The molecule has 0 aromatic heterocycles. The number of nitrogens with one attached hydrogen (secondary N) is 1. The first kappa shape index (κ1) is 10.5. The van der Waals surface area contributed by atoms with Gasteiger partial charge in [-0.15, -0.1) is 0 Å². The third-order valence-electron chi connectivity index (χ3n) is 2.53. The highest BCUT2D eigenvalue weighted by Gasteiger charge is 2.40. The first-order valence-electron chi connectivity index (χ1n) is 5.11. The van der Waals surface area contributed by atoms with Gasteiger partial charge in [0.05, 0.1) is 6.61 Å². The van der Waals surface area contributed by atoms with Crippen molar-refractivity contribution in [3.05, 3.63) is 0 Å². The van der Waals surface area contributed by atoms with Crippen LogP contribution in [0.5, 0.6) is 0 Å². The van der Waals surface area contributed by atoms with Gasteiger partial charge in [0.1, 0.15) is 5.60 Å². The molecule has 0 heterocycles. The van der Waals surface area contributed by atoms with E-state index in [2.05, 4.69) is 0 Å². The minimum atomic E-state index is -0.384. The van der Waals surface area contributed by atoms with Gasteiger partial charge in [0.25, 0.3) is 0 Å². The molecule has 1 saturated carbocycles. The number of hydrogen-bond acceptors (Lipinski definition) is 3. The third-order valence-corrected chi connectivity index (χ3v) is 2.53. The summed E-state index contributed by atoms with van der Waals surface area (Å²) >= 11 is 0. The third kappa shape index (κ3) is 2.21. The minimum Gasteiger partial charge on any atom is -0.479 e. The maximum Gasteiger partial charge on any atom is 0.213 e. The lowest BCUT2D eigenvalue weighted by molar-refractivity contribution is 0.00146. The van der Waals surface area contributed by atoms with Crippen molar-refractivity contribution in [3.8, 4) is 0 Å². The molecule has 0 aromatic carbocycles. The Morgan fingerprint density at radius 2 is 1.85 bits per heavy atom. The topological polar surface area (TPSA) is 42.3 Å². The molecule has 3 nitrogen and oxygen atoms in total. The van der Waals surface area contributed by atoms with Crippen LogP contribution in [0.25, 0.3) is 0 Å². The van der Waals surface area contributed by atoms with Crippen LogP contribution in [-0.4, -0.2) is 24.7 Å². The molecule has 0 spiro atoms. The van der Waals surface area contributed by atoms with Gasteiger partial charge in [0, 0.05) is 6.61 Å². The van der Waals surface area contributed by atoms with Crippen LogP contribution in [0.2, 0.25) is 0 Å². The second-order valence-electron chi connectivity index (χ2n) is 3.40. The lowest BCUT2D eigenvalue weighted by atomic mass is 10.0. The van der Waals surface area contributed by atoms with E-state index in [1.807, 2.05) is 13.8 Å². The number of hydrogen-bond donors (Lipinski definition) is 1. The predicted molar refractivity (Wildman–Crippen MR) is 52.2 cm³/mol. The van der Waals surface area contributed by atoms with E-state index in [0.717, 1.165) is 25.7 Å². The fourth-order valence-corrected chi connectivity index (χ4v) is 1.94. The Hall–Kier alpha value is -0.570. The van der Waals surface area contributed by atoms with Crippen LogP contribution in [-0.2, 0) is 9.47 Å². The monoisotopic (exact) mass is 185 g/mol. The summed E-state index contributed by atoms with van der Waals surface area (Å²) in [5, 5.41) is 7.79. The van der Waals surface area contributed by atoms with Crippen LogP contribution < -0.4 is 0 Å². The largest absolute Gasteiger partial charge is 0.479 e. The van der Waals surface area contributed by atoms with Crippen LogP contribution in [0, 0.1) is 5.41 Å². The molecule has 76 valence electrons. The molecule has 1 N–H and O–H groups in total. The second kappa shape index (κ2) is 4.61. The fraction of sp³-hybridized carbons (Fsp3) is 0.900. The maximum absolute atomic E-state index is 7.79. The van der Waals surface area contributed by atoms with E-state index in [1.165, 1.54) is 0 Å². The van der Waals surface area contributed by atoms with Crippen molar-refractivity contribution >= 4 is 5.90 Å². The summed E-state index contributed by atoms with van der Waals surface area (Å²) in [5.74, 6) is 0.328. The molecule has 1 aliphatic carbocycles. The van der Waals surface area contributed by atoms with Crippen LogP contribution in [0.15, 0.2) is 0 Å². The van der Waals surface area contributed by atoms with Crippen molar-refractivity contribution in [1.82, 2.24) is 0 Å². The van der Waals surface area contributed by atoms with Crippen LogP contribution in [0.1, 0.15) is 39.5 Å². The van der Waals surface area contributed by atoms with E-state index in [4.69, 9.17) is 14.9 Å². The smallest absolute Gasteiger partial charge is 0.213 e. The highest BCUT2D eigenvalue weighted by atomic mass is 16.5. The quantitative estimate of drug-likeness (QED) is 0.539. The molecule has 0 bridgehead atoms. The van der Waals surface area contributed by atoms with Crippen LogP contribution >= 0.6 is 0 Å². The van der Waals surface area contributed by atoms with Crippen molar-refractivity contribution in [2.45, 2.75) is 45.1 Å². The standard InChI is InChI=1S/C10H19NO2/c1-3-12-9(11)10(13-4-2)7-5-6-8-10/h11H,3-8H2,1-2H3. The van der Waals surface area contributed by atoms with Gasteiger partial charge < -0.3 is 9.47 Å². The maximum atomic E-state index is 7.79. The zero-order valence-corrected chi connectivity index (χ0v) is 8.56. The summed E-state index contributed by atoms with van der Waals surface area (Å²) in [7, 11) is 0. The Bertz CT molecular complexity index is 174. The van der Waals surface area contributed by atoms with Gasteiger partial charge in [-0.2, -0.15) is 0 Å². The number of ether oxygens (including phenoxy) is 2. The highest BCUT2D eigenvalue weighted by Crippen LogP contribution is 2.34. The Morgan fingerprint density at radius 3 is 2.31 bits per heavy atom. The first-order valence-corrected chi connectivity index (χ1v) is 5.11. The zero-order valence-electron chi connectivity index (χ0n) is 8.56. The molecule has 0 unspecified atom stereocenters. The number of rotatable bonds is 4. The highest BCUT2D eigenvalue weighted by molar-refractivity contribution is 5.82. The van der Waals surface area contributed by atoms with E-state index < -0.39 is 0 Å². The van der Waals surface area contributed by atoms with E-state index in [0.29, 0.717) is 19.1 Å². The van der Waals surface area contributed by atoms with Crippen molar-refractivity contribution in [2.75, 3.05) is 13.2 Å². The average Bonchev–Trinajstić information content (AvgIpc) is 2.55. The molecular weight excluding hydrogens is 166 g/mol. The predicted octanol–water partition coefficient (Wildman–Crippen LogP) is 2.35. The lowest BCUT2D eigenvalue weighted by Gasteiger charge is -2.28. The van der Waals surface area contributed by atoms with Gasteiger partial charge in [-0.1, -0.05) is 0 Å². The molecule has 0 amide bonds. The van der Waals surface area contributed by atoms with Gasteiger partial charge in [-0.25, -0.2) is 0 Å². The van der Waals surface area contributed by atoms with E-state index >= 15 is 0 Å². The normalized spacial score (nSPS) is 20.2. The summed E-state index contributed by atoms with van der Waals surface area (Å²) in [6.07, 6.45) is 4.18. The van der Waals surface area contributed by atoms with Crippen LogP contribution in [0.3, 0.4) is 0 Å². The Kier molecular flexibility index (Phi) is 3.72. The van der Waals surface area contributed by atoms with Gasteiger partial charge in [-0.3, -0.25) is 5.41 Å². The molecule has 1 rings (SSSR count). The molecule has 13 heavy (non-hydrogen) atoms. The Morgan fingerprint density at radius 1 is 1.23 bits per heavy atom. The van der Waals surface area contributed by atoms with Gasteiger partial charge in [0.15, 0.2) is 0 Å².